The molecule has 6 nitrogen and oxygen atoms in total. The van der Waals surface area contributed by atoms with Gasteiger partial charge < -0.3 is 20.3 Å². The highest BCUT2D eigenvalue weighted by Gasteiger charge is 2.20. The summed E-state index contributed by atoms with van der Waals surface area (Å²) in [4.78, 5) is 15.9. The number of aromatic nitrogens is 1. The average molecular weight is 421 g/mol. The van der Waals surface area contributed by atoms with Gasteiger partial charge in [0.05, 0.1) is 12.7 Å². The van der Waals surface area contributed by atoms with Crippen molar-refractivity contribution in [3.63, 3.8) is 0 Å². The molecular weight excluding hydrogens is 392 g/mol. The van der Waals surface area contributed by atoms with E-state index in [9.17, 15) is 15.0 Å². The Morgan fingerprint density at radius 1 is 1.13 bits per heavy atom. The van der Waals surface area contributed by atoms with Gasteiger partial charge in [-0.05, 0) is 42.6 Å². The number of hydrogen-bond acceptors (Lipinski definition) is 5. The molecule has 6 heteroatoms. The van der Waals surface area contributed by atoms with Crippen molar-refractivity contribution in [3.8, 4) is 16.9 Å². The van der Waals surface area contributed by atoms with Gasteiger partial charge in [0.25, 0.3) is 0 Å². The summed E-state index contributed by atoms with van der Waals surface area (Å²) in [7, 11) is 0. The first-order chi connectivity index (χ1) is 15.1. The molecule has 0 aliphatic heterocycles. The molecule has 0 aliphatic rings. The van der Waals surface area contributed by atoms with Crippen molar-refractivity contribution in [1.29, 1.82) is 0 Å². The number of pyridine rings is 1. The number of nitrogens with one attached hydrogen (secondary N) is 1. The van der Waals surface area contributed by atoms with Gasteiger partial charge in [0.1, 0.15) is 11.3 Å². The molecule has 0 bridgehead atoms. The fourth-order valence-electron chi connectivity index (χ4n) is 3.44. The van der Waals surface area contributed by atoms with E-state index in [1.165, 1.54) is 0 Å². The third-order valence-electron chi connectivity index (χ3n) is 4.98. The van der Waals surface area contributed by atoms with Crippen LogP contribution in [0.4, 0.5) is 0 Å². The Labute approximate surface area is 182 Å². The van der Waals surface area contributed by atoms with Crippen molar-refractivity contribution in [2.45, 2.75) is 25.9 Å². The second kappa shape index (κ2) is 11.2. The maximum atomic E-state index is 11.8. The van der Waals surface area contributed by atoms with Crippen LogP contribution in [0.3, 0.4) is 0 Å². The second-order valence-corrected chi connectivity index (χ2v) is 7.24. The fourth-order valence-corrected chi connectivity index (χ4v) is 3.44. The van der Waals surface area contributed by atoms with Crippen molar-refractivity contribution in [3.05, 3.63) is 83.7 Å². The second-order valence-electron chi connectivity index (χ2n) is 7.24. The van der Waals surface area contributed by atoms with Crippen LogP contribution in [0.1, 0.15) is 40.9 Å². The van der Waals surface area contributed by atoms with Crippen LogP contribution >= 0.6 is 0 Å². The molecular formula is C25H28N2O4. The number of aliphatic hydroxyl groups is 1. The SMILES string of the molecule is CCCOc1c(C(=O)O)ccc(-c2ccccc2)c1CCNC[C@H](O)c1cccnc1. The van der Waals surface area contributed by atoms with Crippen molar-refractivity contribution < 1.29 is 19.7 Å². The van der Waals surface area contributed by atoms with Crippen LogP contribution in [0.5, 0.6) is 5.75 Å². The summed E-state index contributed by atoms with van der Waals surface area (Å²) in [6.07, 6.45) is 3.99. The van der Waals surface area contributed by atoms with Gasteiger partial charge in [-0.1, -0.05) is 49.4 Å². The minimum atomic E-state index is -1.01. The van der Waals surface area contributed by atoms with Crippen molar-refractivity contribution >= 4 is 5.97 Å². The lowest BCUT2D eigenvalue weighted by Crippen LogP contribution is -2.24. The van der Waals surface area contributed by atoms with E-state index in [1.54, 1.807) is 24.5 Å². The molecule has 0 spiro atoms. The molecule has 0 unspecified atom stereocenters. The summed E-state index contributed by atoms with van der Waals surface area (Å²) in [5.41, 5.74) is 3.72. The topological polar surface area (TPSA) is 91.7 Å². The highest BCUT2D eigenvalue weighted by Crippen LogP contribution is 2.34. The zero-order chi connectivity index (χ0) is 22.1. The van der Waals surface area contributed by atoms with Crippen LogP contribution in [0.2, 0.25) is 0 Å². The molecule has 0 saturated heterocycles. The third-order valence-corrected chi connectivity index (χ3v) is 4.98. The van der Waals surface area contributed by atoms with Gasteiger partial charge in [0.2, 0.25) is 0 Å². The van der Waals surface area contributed by atoms with E-state index in [1.807, 2.05) is 49.4 Å². The minimum Gasteiger partial charge on any atom is -0.492 e. The van der Waals surface area contributed by atoms with Gasteiger partial charge in [0, 0.05) is 30.1 Å². The number of carboxylic acid groups (broad SMARTS) is 1. The van der Waals surface area contributed by atoms with E-state index < -0.39 is 12.1 Å². The fraction of sp³-hybridized carbons (Fsp3) is 0.280. The Kier molecular flexibility index (Phi) is 8.15. The number of aliphatic hydroxyl groups excluding tert-OH is 1. The predicted octanol–water partition coefficient (Wildman–Crippen LogP) is 4.10. The van der Waals surface area contributed by atoms with Gasteiger partial charge in [-0.3, -0.25) is 4.98 Å². The Balaban J connectivity index is 1.83. The first-order valence-electron chi connectivity index (χ1n) is 10.5. The van der Waals surface area contributed by atoms with Gasteiger partial charge in [0.15, 0.2) is 0 Å². The number of rotatable bonds is 11. The Morgan fingerprint density at radius 3 is 2.61 bits per heavy atom. The normalized spacial score (nSPS) is 11.8. The molecule has 3 aromatic rings. The lowest BCUT2D eigenvalue weighted by Gasteiger charge is -2.19. The Morgan fingerprint density at radius 2 is 1.94 bits per heavy atom. The van der Waals surface area contributed by atoms with Gasteiger partial charge >= 0.3 is 5.97 Å². The molecule has 3 N–H and O–H groups in total. The molecule has 1 heterocycles. The lowest BCUT2D eigenvalue weighted by atomic mass is 9.94. The molecule has 31 heavy (non-hydrogen) atoms. The number of hydrogen-bond donors (Lipinski definition) is 3. The molecule has 1 atom stereocenters. The molecule has 0 aliphatic carbocycles. The number of ether oxygens (including phenoxy) is 1. The van der Waals surface area contributed by atoms with Crippen molar-refractivity contribution in [2.24, 2.45) is 0 Å². The van der Waals surface area contributed by atoms with Gasteiger partial charge in [-0.15, -0.1) is 0 Å². The highest BCUT2D eigenvalue weighted by molar-refractivity contribution is 5.93. The van der Waals surface area contributed by atoms with Gasteiger partial charge in [-0.2, -0.15) is 0 Å². The molecule has 2 aromatic carbocycles. The summed E-state index contributed by atoms with van der Waals surface area (Å²) in [5.74, 6) is -0.586. The summed E-state index contributed by atoms with van der Waals surface area (Å²) in [5, 5.41) is 23.3. The van der Waals surface area contributed by atoms with Crippen LogP contribution in [0, 0.1) is 0 Å². The van der Waals surface area contributed by atoms with Crippen LogP contribution in [-0.2, 0) is 6.42 Å². The van der Waals surface area contributed by atoms with Crippen LogP contribution in [-0.4, -0.2) is 40.9 Å². The number of carboxylic acids is 1. The summed E-state index contributed by atoms with van der Waals surface area (Å²) >= 11 is 0. The van der Waals surface area contributed by atoms with Crippen LogP contribution in [0.25, 0.3) is 11.1 Å². The highest BCUT2D eigenvalue weighted by atomic mass is 16.5. The lowest BCUT2D eigenvalue weighted by molar-refractivity contribution is 0.0692. The Bertz CT molecular complexity index is 978. The maximum Gasteiger partial charge on any atom is 0.339 e. The number of carbonyl (C=O) groups is 1. The quantitative estimate of drug-likeness (QED) is 0.405. The standard InChI is InChI=1S/C25H28N2O4/c1-2-15-31-24-21(12-14-27-17-23(28)19-9-6-13-26-16-19)20(10-11-22(24)25(29)30)18-7-4-3-5-8-18/h3-11,13,16,23,27-28H,2,12,14-15,17H2,1H3,(H,29,30)/t23-/m0/s1. The van der Waals surface area contributed by atoms with E-state index in [4.69, 9.17) is 4.74 Å². The Hall–Kier alpha value is -3.22. The van der Waals surface area contributed by atoms with Crippen molar-refractivity contribution in [1.82, 2.24) is 10.3 Å². The number of aromatic carboxylic acids is 1. The average Bonchev–Trinajstić information content (AvgIpc) is 2.81. The third kappa shape index (κ3) is 5.90. The summed E-state index contributed by atoms with van der Waals surface area (Å²) < 4.78 is 5.92. The zero-order valence-electron chi connectivity index (χ0n) is 17.6. The van der Waals surface area contributed by atoms with E-state index in [0.29, 0.717) is 31.9 Å². The molecule has 0 saturated carbocycles. The maximum absolute atomic E-state index is 11.8. The number of benzene rings is 2. The van der Waals surface area contributed by atoms with E-state index >= 15 is 0 Å². The minimum absolute atomic E-state index is 0.165. The van der Waals surface area contributed by atoms with Crippen LogP contribution < -0.4 is 10.1 Å². The van der Waals surface area contributed by atoms with E-state index in [2.05, 4.69) is 10.3 Å². The number of nitrogens with zero attached hydrogens (tertiary/aromatic N) is 1. The molecule has 162 valence electrons. The van der Waals surface area contributed by atoms with Crippen LogP contribution in [0.15, 0.2) is 67.0 Å². The summed E-state index contributed by atoms with van der Waals surface area (Å²) in [6.45, 7) is 3.36. The van der Waals surface area contributed by atoms with Crippen molar-refractivity contribution in [2.75, 3.05) is 19.7 Å². The van der Waals surface area contributed by atoms with E-state index in [0.717, 1.165) is 28.7 Å². The molecule has 0 fully saturated rings. The monoisotopic (exact) mass is 420 g/mol. The summed E-state index contributed by atoms with van der Waals surface area (Å²) in [6, 6.07) is 16.9. The molecule has 0 amide bonds. The molecule has 1 aromatic heterocycles. The van der Waals surface area contributed by atoms with Gasteiger partial charge in [-0.25, -0.2) is 4.79 Å². The smallest absolute Gasteiger partial charge is 0.339 e. The first kappa shape index (κ1) is 22.5. The molecule has 3 rings (SSSR count). The largest absolute Gasteiger partial charge is 0.492 e. The molecule has 0 radical (unpaired) electrons. The van der Waals surface area contributed by atoms with E-state index in [-0.39, 0.29) is 5.56 Å². The zero-order valence-corrected chi connectivity index (χ0v) is 17.6. The predicted molar refractivity (Wildman–Crippen MR) is 120 cm³/mol. The first-order valence-corrected chi connectivity index (χ1v) is 10.5.